The van der Waals surface area contributed by atoms with Crippen LogP contribution in [0.3, 0.4) is 0 Å². The lowest BCUT2D eigenvalue weighted by atomic mass is 9.98. The van der Waals surface area contributed by atoms with Gasteiger partial charge in [-0.1, -0.05) is 6.92 Å². The standard InChI is InChI=1S/C10H18N4O3/c1-3-10(4-15,5-16)12-9(17)8-7(11)6(2)13-14-8/h15-16H,3-5,11H2,1-2H3,(H,12,17)(H,13,14). The molecule has 0 atom stereocenters. The number of amides is 1. The molecule has 0 aromatic carbocycles. The number of aromatic amines is 1. The van der Waals surface area contributed by atoms with Gasteiger partial charge < -0.3 is 21.3 Å². The zero-order valence-electron chi connectivity index (χ0n) is 9.95. The van der Waals surface area contributed by atoms with Crippen molar-refractivity contribution in [3.8, 4) is 0 Å². The molecule has 1 rings (SSSR count). The number of carbonyl (C=O) groups is 1. The van der Waals surface area contributed by atoms with E-state index >= 15 is 0 Å². The van der Waals surface area contributed by atoms with E-state index < -0.39 is 11.4 Å². The smallest absolute Gasteiger partial charge is 0.274 e. The van der Waals surface area contributed by atoms with Crippen molar-refractivity contribution in [2.75, 3.05) is 18.9 Å². The third-order valence-corrected chi connectivity index (χ3v) is 2.87. The molecular weight excluding hydrogens is 224 g/mol. The molecule has 0 aliphatic carbocycles. The second-order valence-electron chi connectivity index (χ2n) is 4.02. The summed E-state index contributed by atoms with van der Waals surface area (Å²) in [5.41, 5.74) is 5.56. The topological polar surface area (TPSA) is 124 Å². The van der Waals surface area contributed by atoms with Crippen LogP contribution in [0.4, 0.5) is 5.69 Å². The fourth-order valence-corrected chi connectivity index (χ4v) is 1.35. The molecule has 0 bridgehead atoms. The first-order valence-electron chi connectivity index (χ1n) is 5.34. The van der Waals surface area contributed by atoms with Crippen molar-refractivity contribution in [1.82, 2.24) is 15.5 Å². The Bertz CT molecular complexity index is 390. The molecule has 1 amide bonds. The SMILES string of the molecule is CCC(CO)(CO)NC(=O)c1n[nH]c(C)c1N. The fourth-order valence-electron chi connectivity index (χ4n) is 1.35. The van der Waals surface area contributed by atoms with Crippen LogP contribution in [0.15, 0.2) is 0 Å². The maximum atomic E-state index is 11.9. The lowest BCUT2D eigenvalue weighted by molar-refractivity contribution is 0.0649. The molecule has 0 spiro atoms. The second kappa shape index (κ2) is 5.15. The van der Waals surface area contributed by atoms with Gasteiger partial charge in [0, 0.05) is 0 Å². The van der Waals surface area contributed by atoms with Crippen molar-refractivity contribution in [1.29, 1.82) is 0 Å². The number of nitrogens with two attached hydrogens (primary N) is 1. The number of nitrogens with one attached hydrogen (secondary N) is 2. The van der Waals surface area contributed by atoms with E-state index in [4.69, 9.17) is 5.73 Å². The molecule has 1 aromatic heterocycles. The monoisotopic (exact) mass is 242 g/mol. The Kier molecular flexibility index (Phi) is 4.08. The molecule has 6 N–H and O–H groups in total. The number of hydrogen-bond donors (Lipinski definition) is 5. The van der Waals surface area contributed by atoms with Gasteiger partial charge >= 0.3 is 0 Å². The summed E-state index contributed by atoms with van der Waals surface area (Å²) in [6.07, 6.45) is 0.398. The van der Waals surface area contributed by atoms with Crippen molar-refractivity contribution in [2.45, 2.75) is 25.8 Å². The summed E-state index contributed by atoms with van der Waals surface area (Å²) >= 11 is 0. The quantitative estimate of drug-likeness (QED) is 0.460. The minimum absolute atomic E-state index is 0.0715. The zero-order valence-corrected chi connectivity index (χ0v) is 9.95. The molecule has 1 aromatic rings. The Labute approximate surface area is 99.0 Å². The van der Waals surface area contributed by atoms with E-state index in [2.05, 4.69) is 15.5 Å². The van der Waals surface area contributed by atoms with Crippen LogP contribution in [0, 0.1) is 6.92 Å². The molecule has 0 unspecified atom stereocenters. The summed E-state index contributed by atoms with van der Waals surface area (Å²) in [6.45, 7) is 2.75. The van der Waals surface area contributed by atoms with Crippen molar-refractivity contribution < 1.29 is 15.0 Å². The van der Waals surface area contributed by atoms with E-state index in [0.717, 1.165) is 0 Å². The van der Waals surface area contributed by atoms with Gasteiger partial charge in [-0.05, 0) is 13.3 Å². The summed E-state index contributed by atoms with van der Waals surface area (Å²) < 4.78 is 0. The lowest BCUT2D eigenvalue weighted by Crippen LogP contribution is -2.54. The maximum Gasteiger partial charge on any atom is 0.274 e. The highest BCUT2D eigenvalue weighted by atomic mass is 16.3. The van der Waals surface area contributed by atoms with E-state index in [1.807, 2.05) is 0 Å². The number of aryl methyl sites for hydroxylation is 1. The number of aliphatic hydroxyl groups is 2. The summed E-state index contributed by atoms with van der Waals surface area (Å²) in [5.74, 6) is -0.517. The lowest BCUT2D eigenvalue weighted by Gasteiger charge is -2.29. The Balaban J connectivity index is 2.88. The first-order chi connectivity index (χ1) is 7.99. The van der Waals surface area contributed by atoms with E-state index in [1.54, 1.807) is 13.8 Å². The van der Waals surface area contributed by atoms with Gasteiger partial charge in [-0.15, -0.1) is 0 Å². The Morgan fingerprint density at radius 2 is 2.12 bits per heavy atom. The van der Waals surface area contributed by atoms with Crippen LogP contribution < -0.4 is 11.1 Å². The summed E-state index contributed by atoms with van der Waals surface area (Å²) in [6, 6.07) is 0. The van der Waals surface area contributed by atoms with Crippen molar-refractivity contribution in [3.63, 3.8) is 0 Å². The van der Waals surface area contributed by atoms with Crippen LogP contribution >= 0.6 is 0 Å². The molecule has 0 aliphatic heterocycles. The highest BCUT2D eigenvalue weighted by molar-refractivity contribution is 5.98. The van der Waals surface area contributed by atoms with Crippen LogP contribution in [-0.2, 0) is 0 Å². The van der Waals surface area contributed by atoms with Gasteiger partial charge in [-0.3, -0.25) is 9.89 Å². The van der Waals surface area contributed by atoms with Gasteiger partial charge in [-0.25, -0.2) is 0 Å². The molecule has 17 heavy (non-hydrogen) atoms. The van der Waals surface area contributed by atoms with Crippen molar-refractivity contribution >= 4 is 11.6 Å². The minimum atomic E-state index is -1.05. The molecule has 96 valence electrons. The molecule has 7 heteroatoms. The van der Waals surface area contributed by atoms with Gasteiger partial charge in [0.1, 0.15) is 0 Å². The summed E-state index contributed by atoms with van der Waals surface area (Å²) in [7, 11) is 0. The Hall–Kier alpha value is -1.60. The zero-order chi connectivity index (χ0) is 13.1. The second-order valence-corrected chi connectivity index (χ2v) is 4.02. The molecule has 0 aliphatic rings. The number of H-pyrrole nitrogens is 1. The largest absolute Gasteiger partial charge is 0.395 e. The number of rotatable bonds is 5. The van der Waals surface area contributed by atoms with Gasteiger partial charge in [0.05, 0.1) is 30.1 Å². The first-order valence-corrected chi connectivity index (χ1v) is 5.34. The number of carbonyl (C=O) groups excluding carboxylic acids is 1. The van der Waals surface area contributed by atoms with Crippen LogP contribution in [0.2, 0.25) is 0 Å². The van der Waals surface area contributed by atoms with Crippen LogP contribution in [0.25, 0.3) is 0 Å². The molecular formula is C10H18N4O3. The van der Waals surface area contributed by atoms with Crippen molar-refractivity contribution in [3.05, 3.63) is 11.4 Å². The molecule has 0 fully saturated rings. The average molecular weight is 242 g/mol. The predicted octanol–water partition coefficient (Wildman–Crippen LogP) is -0.836. The van der Waals surface area contributed by atoms with Gasteiger partial charge in [0.25, 0.3) is 5.91 Å². The summed E-state index contributed by atoms with van der Waals surface area (Å²) in [4.78, 5) is 11.9. The Morgan fingerprint density at radius 1 is 1.53 bits per heavy atom. The third-order valence-electron chi connectivity index (χ3n) is 2.87. The first kappa shape index (κ1) is 13.5. The number of aliphatic hydroxyl groups excluding tert-OH is 2. The average Bonchev–Trinajstić information content (AvgIpc) is 2.67. The number of anilines is 1. The molecule has 0 saturated carbocycles. The van der Waals surface area contributed by atoms with E-state index in [-0.39, 0.29) is 24.6 Å². The minimum Gasteiger partial charge on any atom is -0.395 e. The van der Waals surface area contributed by atoms with Crippen molar-refractivity contribution in [2.24, 2.45) is 0 Å². The number of nitrogen functional groups attached to an aromatic ring is 1. The molecule has 0 radical (unpaired) electrons. The fraction of sp³-hybridized carbons (Fsp3) is 0.600. The van der Waals surface area contributed by atoms with E-state index in [0.29, 0.717) is 12.1 Å². The van der Waals surface area contributed by atoms with Crippen LogP contribution in [0.5, 0.6) is 0 Å². The highest BCUT2D eigenvalue weighted by Gasteiger charge is 2.30. The van der Waals surface area contributed by atoms with Gasteiger partial charge in [-0.2, -0.15) is 5.10 Å². The normalized spacial score (nSPS) is 11.5. The van der Waals surface area contributed by atoms with Crippen LogP contribution in [-0.4, -0.2) is 45.1 Å². The van der Waals surface area contributed by atoms with E-state index in [9.17, 15) is 15.0 Å². The number of hydrogen-bond acceptors (Lipinski definition) is 5. The van der Waals surface area contributed by atoms with E-state index in [1.165, 1.54) is 0 Å². The third kappa shape index (κ3) is 2.56. The maximum absolute atomic E-state index is 11.9. The number of aromatic nitrogens is 2. The Morgan fingerprint density at radius 3 is 2.47 bits per heavy atom. The molecule has 0 saturated heterocycles. The molecule has 7 nitrogen and oxygen atoms in total. The highest BCUT2D eigenvalue weighted by Crippen LogP contribution is 2.15. The van der Waals surface area contributed by atoms with Gasteiger partial charge in [0.2, 0.25) is 0 Å². The van der Waals surface area contributed by atoms with Gasteiger partial charge in [0.15, 0.2) is 5.69 Å². The molecule has 1 heterocycles. The predicted molar refractivity (Wildman–Crippen MR) is 62.4 cm³/mol. The number of nitrogens with zero attached hydrogens (tertiary/aromatic N) is 1. The van der Waals surface area contributed by atoms with Crippen LogP contribution in [0.1, 0.15) is 29.5 Å². The summed E-state index contributed by atoms with van der Waals surface area (Å²) in [5, 5.41) is 27.3.